The van der Waals surface area contributed by atoms with Crippen molar-refractivity contribution in [3.8, 4) is 5.75 Å². The Hall–Kier alpha value is -2.68. The lowest BCUT2D eigenvalue weighted by Crippen LogP contribution is -2.58. The highest BCUT2D eigenvalue weighted by Gasteiger charge is 2.41. The van der Waals surface area contributed by atoms with Gasteiger partial charge in [-0.05, 0) is 44.8 Å². The zero-order valence-corrected chi connectivity index (χ0v) is 29.3. The maximum absolute atomic E-state index is 13.2. The van der Waals surface area contributed by atoms with E-state index in [1.165, 1.54) is 43.4 Å². The molecule has 2 aliphatic rings. The molecule has 2 aromatic heterocycles. The largest absolute Gasteiger partial charge is 0.426 e. The lowest BCUT2D eigenvalue weighted by molar-refractivity contribution is -0.127. The maximum Gasteiger partial charge on any atom is 0.305 e. The molecule has 0 aliphatic carbocycles. The molecule has 1 atom stereocenters. The first kappa shape index (κ1) is 35.6. The van der Waals surface area contributed by atoms with E-state index in [0.717, 1.165) is 73.1 Å². The number of ether oxygens (including phenoxy) is 2. The van der Waals surface area contributed by atoms with Gasteiger partial charge in [0.25, 0.3) is 12.4 Å². The predicted molar refractivity (Wildman–Crippen MR) is 186 cm³/mol. The Morgan fingerprint density at radius 3 is 2.60 bits per heavy atom. The number of H-pyrrole nitrogens is 1. The van der Waals surface area contributed by atoms with Crippen LogP contribution in [0.2, 0.25) is 0 Å². The molecule has 2 aliphatic heterocycles. The summed E-state index contributed by atoms with van der Waals surface area (Å²) in [6.07, 6.45) is 11.3. The van der Waals surface area contributed by atoms with Crippen LogP contribution in [-0.2, 0) is 9.53 Å². The van der Waals surface area contributed by atoms with Gasteiger partial charge in [-0.15, -0.1) is 11.3 Å². The van der Waals surface area contributed by atoms with Crippen molar-refractivity contribution >= 4 is 45.3 Å². The van der Waals surface area contributed by atoms with E-state index in [-0.39, 0.29) is 22.1 Å². The highest BCUT2D eigenvalue weighted by atomic mass is 32.1. The van der Waals surface area contributed by atoms with E-state index >= 15 is 0 Å². The van der Waals surface area contributed by atoms with Crippen molar-refractivity contribution in [3.63, 3.8) is 0 Å². The molecule has 47 heavy (non-hydrogen) atoms. The van der Waals surface area contributed by atoms with E-state index in [4.69, 9.17) is 9.47 Å². The van der Waals surface area contributed by atoms with Gasteiger partial charge in [0.2, 0.25) is 0 Å². The number of likely N-dealkylation sites (tertiary alicyclic amines) is 1. The second kappa shape index (κ2) is 17.1. The Bertz CT molecular complexity index is 1510. The highest BCUT2D eigenvalue weighted by molar-refractivity contribution is 7.16. The summed E-state index contributed by atoms with van der Waals surface area (Å²) in [6.45, 7) is 10.9. The maximum atomic E-state index is 13.2. The van der Waals surface area contributed by atoms with E-state index in [1.54, 1.807) is 18.3 Å². The summed E-state index contributed by atoms with van der Waals surface area (Å²) in [5, 5.41) is 15.0. The third kappa shape index (κ3) is 9.48. The van der Waals surface area contributed by atoms with Crippen molar-refractivity contribution < 1.29 is 24.2 Å². The number of benzene rings is 1. The van der Waals surface area contributed by atoms with Gasteiger partial charge in [0.15, 0.2) is 5.75 Å². The molecule has 0 bridgehead atoms. The van der Waals surface area contributed by atoms with Gasteiger partial charge < -0.3 is 34.7 Å². The van der Waals surface area contributed by atoms with Crippen LogP contribution in [0.15, 0.2) is 23.1 Å². The molecule has 1 unspecified atom stereocenters. The van der Waals surface area contributed by atoms with Crippen molar-refractivity contribution in [1.82, 2.24) is 25.1 Å². The number of carbonyl (C=O) groups is 2. The number of nitrogens with zero attached hydrogens (tertiary/aromatic N) is 3. The van der Waals surface area contributed by atoms with Crippen LogP contribution in [0.1, 0.15) is 104 Å². The topological polar surface area (TPSA) is 137 Å². The third-order valence-electron chi connectivity index (χ3n) is 9.30. The number of hydrogen-bond donors (Lipinski definition) is 3. The number of aliphatic hydroxyl groups is 1. The number of aromatic nitrogens is 2. The molecule has 1 aromatic carbocycles. The summed E-state index contributed by atoms with van der Waals surface area (Å²) in [6, 6.07) is 3.30. The molecule has 258 valence electrons. The molecular weight excluding hydrogens is 639 g/mol. The van der Waals surface area contributed by atoms with Gasteiger partial charge >= 0.3 is 4.87 Å². The fourth-order valence-electron chi connectivity index (χ4n) is 6.57. The van der Waals surface area contributed by atoms with E-state index in [9.17, 15) is 19.5 Å². The smallest absolute Gasteiger partial charge is 0.305 e. The third-order valence-corrected chi connectivity index (χ3v) is 11.5. The minimum absolute atomic E-state index is 0.0975. The number of aromatic amines is 1. The number of hydrogen-bond acceptors (Lipinski definition) is 11. The van der Waals surface area contributed by atoms with Gasteiger partial charge in [-0.25, -0.2) is 4.98 Å². The van der Waals surface area contributed by atoms with Crippen molar-refractivity contribution in [2.24, 2.45) is 0 Å². The number of amides is 1. The molecule has 3 aromatic rings. The molecule has 0 saturated carbocycles. The van der Waals surface area contributed by atoms with E-state index in [0.29, 0.717) is 54.4 Å². The molecule has 13 heteroatoms. The molecule has 1 amide bonds. The zero-order chi connectivity index (χ0) is 33.2. The van der Waals surface area contributed by atoms with Crippen molar-refractivity contribution in [1.29, 1.82) is 0 Å². The summed E-state index contributed by atoms with van der Waals surface area (Å²) < 4.78 is 11.9. The highest BCUT2D eigenvalue weighted by Crippen LogP contribution is 2.33. The molecule has 1 spiro atoms. The fourth-order valence-corrected chi connectivity index (χ4v) is 8.38. The van der Waals surface area contributed by atoms with Gasteiger partial charge in [0, 0.05) is 37.7 Å². The first-order valence-corrected chi connectivity index (χ1v) is 18.7. The van der Waals surface area contributed by atoms with Gasteiger partial charge in [0.1, 0.15) is 10.4 Å². The Balaban J connectivity index is 0.897. The normalized spacial score (nSPS) is 17.5. The Labute approximate surface area is 284 Å². The molecule has 5 rings (SSSR count). The quantitative estimate of drug-likeness (QED) is 0.131. The van der Waals surface area contributed by atoms with Gasteiger partial charge in [-0.2, -0.15) is 0 Å². The van der Waals surface area contributed by atoms with Gasteiger partial charge in [-0.1, -0.05) is 63.4 Å². The van der Waals surface area contributed by atoms with E-state index < -0.39 is 6.10 Å². The van der Waals surface area contributed by atoms with Gasteiger partial charge in [0.05, 0.1) is 40.8 Å². The van der Waals surface area contributed by atoms with Crippen molar-refractivity contribution in [2.45, 2.75) is 89.3 Å². The number of morpholine rings is 1. The number of unbranched alkanes of at least 4 members (excludes halogenated alkanes) is 6. The van der Waals surface area contributed by atoms with Crippen LogP contribution >= 0.6 is 22.7 Å². The standard InChI is InChI=1S/C34H49N5O6S2/c1-24(2)31-36-21-28(46-31)32(42)39-18-19-45-34(22-39)12-16-38(17-13-34)15-9-7-5-3-4-6-8-14-35-20-26(41)25-10-11-27(44-23-40)29-30(25)47-33(43)37-29/h10-11,21,23-24,26,35,41H,3-9,12-20,22H2,1-2H3,(H,37,43). The zero-order valence-electron chi connectivity index (χ0n) is 27.6. The van der Waals surface area contributed by atoms with Gasteiger partial charge in [-0.3, -0.25) is 14.4 Å². The van der Waals surface area contributed by atoms with Crippen LogP contribution in [0.4, 0.5) is 0 Å². The number of nitrogens with one attached hydrogen (secondary N) is 2. The summed E-state index contributed by atoms with van der Waals surface area (Å²) in [7, 11) is 0. The average molecular weight is 688 g/mol. The predicted octanol–water partition coefficient (Wildman–Crippen LogP) is 5.07. The number of thiazole rings is 2. The molecule has 4 heterocycles. The van der Waals surface area contributed by atoms with Crippen LogP contribution in [0.25, 0.3) is 10.2 Å². The average Bonchev–Trinajstić information content (AvgIpc) is 3.72. The SMILES string of the molecule is CC(C)c1ncc(C(=O)N2CCOC3(CCN(CCCCCCCCCNCC(O)c4ccc(OC=O)c5[nH]c(=O)sc45)CC3)C2)s1. The Kier molecular flexibility index (Phi) is 13.0. The molecule has 2 fully saturated rings. The second-order valence-corrected chi connectivity index (χ2v) is 15.1. The summed E-state index contributed by atoms with van der Waals surface area (Å²) in [5.41, 5.74) is 0.876. The number of aliphatic hydroxyl groups excluding tert-OH is 1. The van der Waals surface area contributed by atoms with Crippen LogP contribution in [0, 0.1) is 0 Å². The molecule has 11 nitrogen and oxygen atoms in total. The minimum atomic E-state index is -0.763. The molecule has 3 N–H and O–H groups in total. The second-order valence-electron chi connectivity index (χ2n) is 13.1. The van der Waals surface area contributed by atoms with Crippen LogP contribution in [0.5, 0.6) is 5.75 Å². The van der Waals surface area contributed by atoms with Crippen molar-refractivity contribution in [2.75, 3.05) is 52.4 Å². The number of piperidine rings is 1. The summed E-state index contributed by atoms with van der Waals surface area (Å²) in [4.78, 5) is 47.9. The summed E-state index contributed by atoms with van der Waals surface area (Å²) in [5.74, 6) is 0.712. The monoisotopic (exact) mass is 687 g/mol. The lowest BCUT2D eigenvalue weighted by atomic mass is 9.89. The Morgan fingerprint density at radius 2 is 1.87 bits per heavy atom. The number of rotatable bonds is 17. The van der Waals surface area contributed by atoms with Crippen molar-refractivity contribution in [3.05, 3.63) is 43.4 Å². The molecule has 2 saturated heterocycles. The summed E-state index contributed by atoms with van der Waals surface area (Å²) >= 11 is 2.52. The lowest BCUT2D eigenvalue weighted by Gasteiger charge is -2.47. The van der Waals surface area contributed by atoms with Crippen LogP contribution < -0.4 is 14.9 Å². The van der Waals surface area contributed by atoms with Crippen LogP contribution in [-0.4, -0.2) is 95.3 Å². The molecular formula is C34H49N5O6S2. The fraction of sp³-hybridized carbons (Fsp3) is 0.647. The first-order chi connectivity index (χ1) is 22.8. The van der Waals surface area contributed by atoms with E-state index in [2.05, 4.69) is 34.0 Å². The Morgan fingerprint density at radius 1 is 1.13 bits per heavy atom. The van der Waals surface area contributed by atoms with Crippen LogP contribution in [0.3, 0.4) is 0 Å². The number of carbonyl (C=O) groups excluding carboxylic acids is 2. The minimum Gasteiger partial charge on any atom is -0.426 e. The van der Waals surface area contributed by atoms with E-state index in [1.807, 2.05) is 4.90 Å². The number of fused-ring (bicyclic) bond motifs is 1. The molecule has 0 radical (unpaired) electrons. The first-order valence-electron chi connectivity index (χ1n) is 17.0.